The second-order valence-corrected chi connectivity index (χ2v) is 10.6. The number of nitrogens with one attached hydrogen (secondary N) is 1. The molecule has 0 aromatic carbocycles. The number of carboxylic acids is 1. The van der Waals surface area contributed by atoms with Crippen LogP contribution in [0.5, 0.6) is 0 Å². The number of aliphatic carboxylic acids is 1. The van der Waals surface area contributed by atoms with Gasteiger partial charge in [-0.3, -0.25) is 14.5 Å². The van der Waals surface area contributed by atoms with Crippen molar-refractivity contribution in [2.75, 3.05) is 23.8 Å². The number of fused-ring (bicyclic) bond motifs is 1. The summed E-state index contributed by atoms with van der Waals surface area (Å²) >= 11 is 3.81. The Bertz CT molecular complexity index is 1250. The summed E-state index contributed by atoms with van der Waals surface area (Å²) in [6.07, 6.45) is 3.04. The van der Waals surface area contributed by atoms with Crippen LogP contribution in [-0.2, 0) is 14.4 Å². The van der Waals surface area contributed by atoms with Gasteiger partial charge in [0.15, 0.2) is 0 Å². The topological polar surface area (TPSA) is 207 Å². The van der Waals surface area contributed by atoms with Gasteiger partial charge >= 0.3 is 5.97 Å². The minimum atomic E-state index is -1.51. The summed E-state index contributed by atoms with van der Waals surface area (Å²) < 4.78 is 0. The molecule has 1 saturated heterocycles. The Morgan fingerprint density at radius 1 is 1.31 bits per heavy atom. The van der Waals surface area contributed by atoms with Crippen molar-refractivity contribution >= 4 is 58.9 Å². The Kier molecular flexibility index (Phi) is 8.07. The maximum absolute atomic E-state index is 13.0. The first-order chi connectivity index (χ1) is 17.3. The molecule has 0 radical (unpaired) electrons. The van der Waals surface area contributed by atoms with Crippen LogP contribution >= 0.6 is 35.3 Å². The van der Waals surface area contributed by atoms with Gasteiger partial charge in [-0.05, 0) is 17.3 Å². The van der Waals surface area contributed by atoms with Gasteiger partial charge in [0.05, 0.1) is 5.69 Å². The highest BCUT2D eigenvalue weighted by Crippen LogP contribution is 2.46. The Morgan fingerprint density at radius 3 is 2.72 bits per heavy atom. The molecular weight excluding hydrogens is 528 g/mol. The number of β-lactam (4-membered cyclic amide) rings is 1. The summed E-state index contributed by atoms with van der Waals surface area (Å²) in [6, 6.07) is 1.90. The number of nitrogens with two attached hydrogens (primary N) is 2. The number of pyridine rings is 1. The van der Waals surface area contributed by atoms with Crippen LogP contribution < -0.4 is 16.8 Å². The highest BCUT2D eigenvalue weighted by Gasteiger charge is 2.55. The van der Waals surface area contributed by atoms with Gasteiger partial charge in [0, 0.05) is 35.3 Å². The van der Waals surface area contributed by atoms with E-state index < -0.39 is 35.2 Å². The number of hydrogen-bond donors (Lipinski definition) is 4. The zero-order chi connectivity index (χ0) is 25.8. The van der Waals surface area contributed by atoms with E-state index in [4.69, 9.17) is 11.5 Å². The number of rotatable bonds is 10. The molecule has 2 aliphatic rings. The van der Waals surface area contributed by atoms with Gasteiger partial charge in [-0.1, -0.05) is 17.8 Å². The summed E-state index contributed by atoms with van der Waals surface area (Å²) in [5, 5.41) is 15.7. The smallest absolute Gasteiger partial charge is 0.353 e. The van der Waals surface area contributed by atoms with Crippen LogP contribution in [0.4, 0.5) is 5.82 Å². The lowest BCUT2D eigenvalue weighted by Crippen LogP contribution is -2.70. The van der Waals surface area contributed by atoms with E-state index in [9.17, 15) is 24.4 Å². The predicted molar refractivity (Wildman–Crippen MR) is 135 cm³/mol. The molecule has 4 rings (SSSR count). The molecule has 2 aromatic rings. The van der Waals surface area contributed by atoms with Crippen molar-refractivity contribution in [2.45, 2.75) is 27.5 Å². The van der Waals surface area contributed by atoms with Gasteiger partial charge in [0.2, 0.25) is 6.04 Å². The number of aromatic nitrogens is 3. The number of anilines is 1. The zero-order valence-electron chi connectivity index (χ0n) is 18.4. The molecule has 16 heteroatoms. The summed E-state index contributed by atoms with van der Waals surface area (Å²) in [7, 11) is 0. The van der Waals surface area contributed by atoms with E-state index in [2.05, 4.69) is 25.4 Å². The Morgan fingerprint density at radius 2 is 2.06 bits per heavy atom. The minimum Gasteiger partial charge on any atom is -0.477 e. The standard InChI is InChI=1S/C20H20N8O5S3/c21-4-7-34-16-17(24-6-5-23-16)36-10-8-35-19-13(18(30)28(19)14(10)20(31)32)26-15(29)12(27-33)9-2-1-3-11(22)25-9/h1-3,5-6,12-13,19H,4,7-8,21H2,(H2,22,25)(H,26,29)(H,31,32)/t12?,13-,19+/m1/s1. The first-order valence-corrected chi connectivity index (χ1v) is 13.3. The molecule has 1 unspecified atom stereocenters. The molecule has 0 bridgehead atoms. The van der Waals surface area contributed by atoms with Crippen LogP contribution in [0.3, 0.4) is 0 Å². The fraction of sp³-hybridized carbons (Fsp3) is 0.300. The van der Waals surface area contributed by atoms with E-state index >= 15 is 0 Å². The fourth-order valence-corrected chi connectivity index (χ4v) is 6.84. The van der Waals surface area contributed by atoms with Gasteiger partial charge in [-0.2, -0.15) is 0 Å². The number of carbonyl (C=O) groups is 3. The molecule has 2 aliphatic heterocycles. The van der Waals surface area contributed by atoms with Crippen LogP contribution in [0.15, 0.2) is 56.4 Å². The van der Waals surface area contributed by atoms with E-state index in [0.29, 0.717) is 27.3 Å². The second kappa shape index (κ2) is 11.2. The van der Waals surface area contributed by atoms with Crippen LogP contribution in [0.1, 0.15) is 11.7 Å². The highest BCUT2D eigenvalue weighted by atomic mass is 32.2. The molecule has 188 valence electrons. The van der Waals surface area contributed by atoms with Crippen molar-refractivity contribution in [2.24, 2.45) is 10.9 Å². The van der Waals surface area contributed by atoms with Crippen molar-refractivity contribution in [3.8, 4) is 0 Å². The molecular formula is C20H20N8O5S3. The van der Waals surface area contributed by atoms with Crippen molar-refractivity contribution < 1.29 is 19.5 Å². The minimum absolute atomic E-state index is 0.0412. The average molecular weight is 549 g/mol. The van der Waals surface area contributed by atoms with E-state index in [1.54, 1.807) is 0 Å². The molecule has 36 heavy (non-hydrogen) atoms. The van der Waals surface area contributed by atoms with Gasteiger partial charge in [-0.25, -0.2) is 19.7 Å². The van der Waals surface area contributed by atoms with Crippen LogP contribution in [0, 0.1) is 4.91 Å². The van der Waals surface area contributed by atoms with Crippen molar-refractivity contribution in [1.82, 2.24) is 25.2 Å². The number of thioether (sulfide) groups is 3. The van der Waals surface area contributed by atoms with E-state index in [1.165, 1.54) is 54.1 Å². The summed E-state index contributed by atoms with van der Waals surface area (Å²) in [5.74, 6) is -1.74. The second-order valence-electron chi connectivity index (χ2n) is 7.37. The molecule has 2 aromatic heterocycles. The lowest BCUT2D eigenvalue weighted by Gasteiger charge is -2.49. The van der Waals surface area contributed by atoms with Crippen LogP contribution in [0.2, 0.25) is 0 Å². The van der Waals surface area contributed by atoms with Crippen molar-refractivity contribution in [3.05, 3.63) is 51.8 Å². The molecule has 3 atom stereocenters. The average Bonchev–Trinajstić information content (AvgIpc) is 2.86. The van der Waals surface area contributed by atoms with Gasteiger partial charge in [0.25, 0.3) is 11.8 Å². The molecule has 4 heterocycles. The summed E-state index contributed by atoms with van der Waals surface area (Å²) in [6.45, 7) is 0.440. The number of amides is 2. The highest BCUT2D eigenvalue weighted by molar-refractivity contribution is 8.07. The summed E-state index contributed by atoms with van der Waals surface area (Å²) in [4.78, 5) is 63.3. The Hall–Kier alpha value is -3.21. The fourth-order valence-electron chi connectivity index (χ4n) is 3.51. The third-order valence-corrected chi connectivity index (χ3v) is 8.75. The molecule has 13 nitrogen and oxygen atoms in total. The maximum Gasteiger partial charge on any atom is 0.353 e. The van der Waals surface area contributed by atoms with Crippen molar-refractivity contribution in [3.63, 3.8) is 0 Å². The number of hydrogen-bond acceptors (Lipinski definition) is 13. The van der Waals surface area contributed by atoms with E-state index in [1.807, 2.05) is 0 Å². The SMILES string of the molecule is NCCSc1nccnc1SC1=C(C(=O)O)N2C(=O)[C@@H](NC(=O)C(N=O)c3cccc(N)n3)[C@@H]2SC1. The number of nitroso groups, excluding NO2 is 1. The van der Waals surface area contributed by atoms with E-state index in [-0.39, 0.29) is 23.0 Å². The van der Waals surface area contributed by atoms with Crippen LogP contribution in [-0.4, -0.2) is 72.2 Å². The zero-order valence-corrected chi connectivity index (χ0v) is 20.9. The Labute approximate surface area is 217 Å². The lowest BCUT2D eigenvalue weighted by atomic mass is 10.0. The molecule has 0 saturated carbocycles. The summed E-state index contributed by atoms with van der Waals surface area (Å²) in [5.41, 5.74) is 11.0. The molecule has 0 aliphatic carbocycles. The number of nitrogens with zero attached hydrogens (tertiary/aromatic N) is 5. The van der Waals surface area contributed by atoms with Crippen LogP contribution in [0.25, 0.3) is 0 Å². The largest absolute Gasteiger partial charge is 0.477 e. The molecule has 6 N–H and O–H groups in total. The van der Waals surface area contributed by atoms with Gasteiger partial charge < -0.3 is 21.9 Å². The van der Waals surface area contributed by atoms with Crippen molar-refractivity contribution in [1.29, 1.82) is 0 Å². The lowest BCUT2D eigenvalue weighted by molar-refractivity contribution is -0.150. The first-order valence-electron chi connectivity index (χ1n) is 10.4. The number of carbonyl (C=O) groups excluding carboxylic acids is 2. The Balaban J connectivity index is 1.52. The van der Waals surface area contributed by atoms with Gasteiger partial charge in [-0.15, -0.1) is 28.4 Å². The quantitative estimate of drug-likeness (QED) is 0.184. The number of carboxylic acid groups (broad SMARTS) is 1. The monoisotopic (exact) mass is 548 g/mol. The third-order valence-electron chi connectivity index (χ3n) is 5.07. The maximum atomic E-state index is 13.0. The molecule has 1 fully saturated rings. The molecule has 0 spiro atoms. The van der Waals surface area contributed by atoms with Gasteiger partial charge in [0.1, 0.15) is 33.0 Å². The molecule has 2 amide bonds. The van der Waals surface area contributed by atoms with E-state index in [0.717, 1.165) is 16.7 Å². The first kappa shape index (κ1) is 25.9. The number of nitrogen functional groups attached to an aromatic ring is 1. The normalized spacial score (nSPS) is 19.8. The third kappa shape index (κ3) is 5.16. The predicted octanol–water partition coefficient (Wildman–Crippen LogP) is 0.801.